The molecular formula is C21H33N7O3S2. The van der Waals surface area contributed by atoms with Crippen molar-refractivity contribution >= 4 is 41.4 Å². The van der Waals surface area contributed by atoms with E-state index >= 15 is 0 Å². The highest BCUT2D eigenvalue weighted by Crippen LogP contribution is 2.55. The van der Waals surface area contributed by atoms with E-state index in [9.17, 15) is 14.4 Å². The molecule has 10 nitrogen and oxygen atoms in total. The third kappa shape index (κ3) is 5.59. The Labute approximate surface area is 202 Å². The van der Waals surface area contributed by atoms with E-state index < -0.39 is 11.9 Å². The Hall–Kier alpha value is -1.95. The number of urea groups is 1. The Kier molecular flexibility index (Phi) is 7.42. The molecule has 4 bridgehead atoms. The molecule has 4 aliphatic rings. The van der Waals surface area contributed by atoms with E-state index in [2.05, 4.69) is 20.8 Å². The zero-order valence-corrected chi connectivity index (χ0v) is 20.8. The predicted octanol–water partition coefficient (Wildman–Crippen LogP) is 1.84. The van der Waals surface area contributed by atoms with Gasteiger partial charge in [0.05, 0.1) is 11.5 Å². The average molecular weight is 496 g/mol. The Morgan fingerprint density at radius 3 is 2.03 bits per heavy atom. The first kappa shape index (κ1) is 24.2. The van der Waals surface area contributed by atoms with Gasteiger partial charge in [0, 0.05) is 18.6 Å². The van der Waals surface area contributed by atoms with E-state index in [1.54, 1.807) is 4.90 Å². The molecule has 5 rings (SSSR count). The molecule has 0 aliphatic heterocycles. The van der Waals surface area contributed by atoms with Gasteiger partial charge in [0.15, 0.2) is 0 Å². The van der Waals surface area contributed by atoms with Crippen LogP contribution in [0, 0.1) is 17.8 Å². The van der Waals surface area contributed by atoms with E-state index in [1.807, 2.05) is 13.8 Å². The van der Waals surface area contributed by atoms with E-state index in [0.717, 1.165) is 31.0 Å². The van der Waals surface area contributed by atoms with Crippen LogP contribution >= 0.6 is 23.5 Å². The quantitative estimate of drug-likeness (QED) is 0.349. The molecule has 4 saturated carbocycles. The van der Waals surface area contributed by atoms with Crippen LogP contribution in [0.2, 0.25) is 0 Å². The lowest BCUT2D eigenvalue weighted by molar-refractivity contribution is -0.128. The number of carbonyl (C=O) groups is 3. The summed E-state index contributed by atoms with van der Waals surface area (Å²) in [5.41, 5.74) is -0.140. The number of amides is 4. The Morgan fingerprint density at radius 1 is 1.00 bits per heavy atom. The molecule has 0 aromatic carbocycles. The van der Waals surface area contributed by atoms with Crippen LogP contribution in [0.5, 0.6) is 0 Å². The van der Waals surface area contributed by atoms with Crippen LogP contribution in [0.15, 0.2) is 10.3 Å². The van der Waals surface area contributed by atoms with E-state index in [0.29, 0.717) is 41.2 Å². The predicted molar refractivity (Wildman–Crippen MR) is 127 cm³/mol. The third-order valence-electron chi connectivity index (χ3n) is 7.08. The summed E-state index contributed by atoms with van der Waals surface area (Å²) in [5, 5.41) is 14.4. The van der Waals surface area contributed by atoms with Crippen LogP contribution in [-0.4, -0.2) is 67.8 Å². The number of nitrogens with zero attached hydrogens (tertiary/aromatic N) is 4. The number of imide groups is 1. The maximum atomic E-state index is 12.5. The zero-order chi connectivity index (χ0) is 23.6. The highest BCUT2D eigenvalue weighted by Gasteiger charge is 2.51. The molecule has 0 radical (unpaired) electrons. The van der Waals surface area contributed by atoms with Crippen LogP contribution < -0.4 is 16.5 Å². The molecule has 4 fully saturated rings. The Morgan fingerprint density at radius 2 is 1.52 bits per heavy atom. The summed E-state index contributed by atoms with van der Waals surface area (Å²) in [6.07, 6.45) is 6.97. The first-order chi connectivity index (χ1) is 15.8. The topological polar surface area (TPSA) is 135 Å². The molecule has 4 amide bonds. The zero-order valence-electron chi connectivity index (χ0n) is 19.2. The first-order valence-electron chi connectivity index (χ1n) is 11.7. The summed E-state index contributed by atoms with van der Waals surface area (Å²) in [6, 6.07) is -0.414. The smallest absolute Gasteiger partial charge is 0.321 e. The van der Waals surface area contributed by atoms with Crippen LogP contribution in [0.25, 0.3) is 0 Å². The number of nitrogens with two attached hydrogens (primary N) is 1. The maximum Gasteiger partial charge on any atom is 0.321 e. The number of carbonyl (C=O) groups excluding carboxylic acids is 3. The third-order valence-corrected chi connectivity index (χ3v) is 8.95. The molecule has 182 valence electrons. The number of aromatic nitrogens is 3. The second-order valence-electron chi connectivity index (χ2n) is 9.48. The molecule has 12 heteroatoms. The molecule has 1 heterocycles. The second-order valence-corrected chi connectivity index (χ2v) is 11.4. The van der Waals surface area contributed by atoms with Crippen molar-refractivity contribution in [1.29, 1.82) is 0 Å². The Balaban J connectivity index is 1.22. The van der Waals surface area contributed by atoms with Gasteiger partial charge in [-0.05, 0) is 70.1 Å². The summed E-state index contributed by atoms with van der Waals surface area (Å²) >= 11 is 2.31. The van der Waals surface area contributed by atoms with Crippen molar-refractivity contribution in [3.05, 3.63) is 0 Å². The van der Waals surface area contributed by atoms with Gasteiger partial charge >= 0.3 is 6.03 Å². The molecule has 0 saturated heterocycles. The number of hydrogen-bond donors (Lipinski definition) is 3. The molecule has 0 atom stereocenters. The molecule has 4 N–H and O–H groups in total. The summed E-state index contributed by atoms with van der Waals surface area (Å²) < 4.78 is 1.27. The lowest BCUT2D eigenvalue weighted by atomic mass is 9.53. The summed E-state index contributed by atoms with van der Waals surface area (Å²) in [7, 11) is 0. The van der Waals surface area contributed by atoms with Crippen molar-refractivity contribution in [1.82, 2.24) is 30.4 Å². The average Bonchev–Trinajstić information content (AvgIpc) is 3.09. The molecule has 1 aromatic heterocycles. The van der Waals surface area contributed by atoms with Gasteiger partial charge in [0.1, 0.15) is 0 Å². The fourth-order valence-electron chi connectivity index (χ4n) is 6.08. The highest BCUT2D eigenvalue weighted by atomic mass is 32.2. The van der Waals surface area contributed by atoms with Crippen molar-refractivity contribution < 1.29 is 14.4 Å². The maximum absolute atomic E-state index is 12.5. The number of nitrogen functional groups attached to an aromatic ring is 1. The van der Waals surface area contributed by atoms with Gasteiger partial charge in [-0.2, -0.15) is 0 Å². The van der Waals surface area contributed by atoms with Crippen LogP contribution in [0.4, 0.5) is 4.79 Å². The molecule has 0 unspecified atom stereocenters. The van der Waals surface area contributed by atoms with E-state index in [1.165, 1.54) is 35.7 Å². The van der Waals surface area contributed by atoms with Crippen molar-refractivity contribution in [3.8, 4) is 0 Å². The number of rotatable bonds is 9. The monoisotopic (exact) mass is 495 g/mol. The van der Waals surface area contributed by atoms with Crippen LogP contribution in [0.1, 0.15) is 52.4 Å². The van der Waals surface area contributed by atoms with Crippen molar-refractivity contribution in [2.45, 2.75) is 68.2 Å². The van der Waals surface area contributed by atoms with Gasteiger partial charge in [0.2, 0.25) is 22.1 Å². The van der Waals surface area contributed by atoms with Gasteiger partial charge < -0.3 is 16.1 Å². The number of hydrogen-bond acceptors (Lipinski definition) is 8. The molecule has 0 spiro atoms. The largest absolute Gasteiger partial charge is 0.343 e. The normalized spacial score (nSPS) is 27.4. The highest BCUT2D eigenvalue weighted by molar-refractivity contribution is 8.00. The SMILES string of the molecule is CCN(CC)C(=O)CSc1nnc(SCC(=O)NC(=O)NC23CC4CC(CC(C4)C2)C3)n1N. The summed E-state index contributed by atoms with van der Waals surface area (Å²) in [6.45, 7) is 5.16. The van der Waals surface area contributed by atoms with Gasteiger partial charge in [-0.1, -0.05) is 23.5 Å². The van der Waals surface area contributed by atoms with E-state index in [-0.39, 0.29) is 23.0 Å². The number of nitrogens with one attached hydrogen (secondary N) is 2. The Bertz CT molecular complexity index is 867. The minimum absolute atomic E-state index is 0.00613. The van der Waals surface area contributed by atoms with E-state index in [4.69, 9.17) is 5.84 Å². The number of thioether (sulfide) groups is 2. The fourth-order valence-corrected chi connectivity index (χ4v) is 7.56. The van der Waals surface area contributed by atoms with Gasteiger partial charge in [-0.25, -0.2) is 9.47 Å². The first-order valence-corrected chi connectivity index (χ1v) is 13.6. The lowest BCUT2D eigenvalue weighted by Crippen LogP contribution is -2.61. The van der Waals surface area contributed by atoms with Crippen LogP contribution in [-0.2, 0) is 9.59 Å². The molecule has 1 aromatic rings. The summed E-state index contributed by atoms with van der Waals surface area (Å²) in [5.74, 6) is 7.98. The van der Waals surface area contributed by atoms with Gasteiger partial charge in [0.25, 0.3) is 0 Å². The van der Waals surface area contributed by atoms with Crippen molar-refractivity contribution in [2.24, 2.45) is 17.8 Å². The lowest BCUT2D eigenvalue weighted by Gasteiger charge is -2.56. The van der Waals surface area contributed by atoms with Gasteiger partial charge in [-0.3, -0.25) is 14.9 Å². The molecular weight excluding hydrogens is 462 g/mol. The minimum atomic E-state index is -0.414. The molecule has 4 aliphatic carbocycles. The molecule has 33 heavy (non-hydrogen) atoms. The van der Waals surface area contributed by atoms with Crippen molar-refractivity contribution in [3.63, 3.8) is 0 Å². The summed E-state index contributed by atoms with van der Waals surface area (Å²) in [4.78, 5) is 38.8. The van der Waals surface area contributed by atoms with Gasteiger partial charge in [-0.15, -0.1) is 10.2 Å². The van der Waals surface area contributed by atoms with Crippen molar-refractivity contribution in [2.75, 3.05) is 30.4 Å². The minimum Gasteiger partial charge on any atom is -0.343 e. The standard InChI is InChI=1S/C21H33N7O3S2/c1-3-27(4-2)17(30)12-33-20-26-25-19(28(20)22)32-11-16(29)23-18(31)24-21-8-13-5-14(9-21)7-15(6-13)10-21/h13-15H,3-12,22H2,1-2H3,(H2,23,24,29,31). The van der Waals surface area contributed by atoms with Crippen LogP contribution in [0.3, 0.4) is 0 Å². The fraction of sp³-hybridized carbons (Fsp3) is 0.762. The second kappa shape index (κ2) is 10.1.